The van der Waals surface area contributed by atoms with Crippen molar-refractivity contribution in [3.8, 4) is 0 Å². The molecule has 2 rings (SSSR count). The van der Waals surface area contributed by atoms with Crippen LogP contribution in [0.2, 0.25) is 4.34 Å². The predicted molar refractivity (Wildman–Crippen MR) is 78.5 cm³/mol. The molecule has 1 N–H and O–H groups in total. The van der Waals surface area contributed by atoms with E-state index in [2.05, 4.69) is 19.1 Å². The first-order valence-electron chi connectivity index (χ1n) is 6.12. The van der Waals surface area contributed by atoms with Crippen LogP contribution >= 0.6 is 22.9 Å². The molecule has 1 nitrogen and oxygen atoms in total. The van der Waals surface area contributed by atoms with Crippen LogP contribution < -0.4 is 0 Å². The molecule has 1 unspecified atom stereocenters. The lowest BCUT2D eigenvalue weighted by Gasteiger charge is -2.10. The number of hydrogen-bond acceptors (Lipinski definition) is 2. The Morgan fingerprint density at radius 3 is 2.67 bits per heavy atom. The van der Waals surface area contributed by atoms with Crippen molar-refractivity contribution in [1.82, 2.24) is 0 Å². The molecular formula is C15H17ClOS. The Kier molecular flexibility index (Phi) is 4.81. The van der Waals surface area contributed by atoms with Gasteiger partial charge in [0.2, 0.25) is 0 Å². The van der Waals surface area contributed by atoms with Gasteiger partial charge in [-0.1, -0.05) is 35.9 Å². The molecule has 0 fully saturated rings. The van der Waals surface area contributed by atoms with E-state index in [1.165, 1.54) is 11.1 Å². The summed E-state index contributed by atoms with van der Waals surface area (Å²) in [6.45, 7) is 2.11. The molecule has 1 atom stereocenters. The highest BCUT2D eigenvalue weighted by Gasteiger charge is 2.08. The van der Waals surface area contributed by atoms with E-state index in [4.69, 9.17) is 11.6 Å². The van der Waals surface area contributed by atoms with Gasteiger partial charge in [-0.2, -0.15) is 0 Å². The fraction of sp³-hybridized carbons (Fsp3) is 0.333. The molecule has 0 aliphatic rings. The minimum Gasteiger partial charge on any atom is -0.393 e. The first-order chi connectivity index (χ1) is 8.65. The monoisotopic (exact) mass is 280 g/mol. The van der Waals surface area contributed by atoms with E-state index in [0.717, 1.165) is 22.1 Å². The number of aryl methyl sites for hydroxylation is 2. The SMILES string of the molecule is Cc1ccccc1CCC(O)Cc1ccc(Cl)s1. The average molecular weight is 281 g/mol. The summed E-state index contributed by atoms with van der Waals surface area (Å²) in [7, 11) is 0. The van der Waals surface area contributed by atoms with Gasteiger partial charge in [0.1, 0.15) is 0 Å². The van der Waals surface area contributed by atoms with E-state index >= 15 is 0 Å². The van der Waals surface area contributed by atoms with Crippen molar-refractivity contribution < 1.29 is 5.11 Å². The van der Waals surface area contributed by atoms with Crippen LogP contribution in [-0.2, 0) is 12.8 Å². The summed E-state index contributed by atoms with van der Waals surface area (Å²) in [5.41, 5.74) is 2.62. The lowest BCUT2D eigenvalue weighted by Crippen LogP contribution is -2.11. The largest absolute Gasteiger partial charge is 0.393 e. The van der Waals surface area contributed by atoms with Gasteiger partial charge in [-0.25, -0.2) is 0 Å². The topological polar surface area (TPSA) is 20.2 Å². The van der Waals surface area contributed by atoms with Crippen LogP contribution in [-0.4, -0.2) is 11.2 Å². The molecule has 96 valence electrons. The first-order valence-corrected chi connectivity index (χ1v) is 7.31. The first kappa shape index (κ1) is 13.6. The highest BCUT2D eigenvalue weighted by molar-refractivity contribution is 7.16. The van der Waals surface area contributed by atoms with Gasteiger partial charge >= 0.3 is 0 Å². The van der Waals surface area contributed by atoms with Crippen LogP contribution in [0.1, 0.15) is 22.4 Å². The van der Waals surface area contributed by atoms with Gasteiger partial charge in [0.25, 0.3) is 0 Å². The van der Waals surface area contributed by atoms with Gasteiger partial charge in [-0.05, 0) is 43.0 Å². The fourth-order valence-electron chi connectivity index (χ4n) is 2.01. The standard InChI is InChI=1S/C15H17ClOS/c1-11-4-2-3-5-12(11)6-7-13(17)10-14-8-9-15(16)18-14/h2-5,8-9,13,17H,6-7,10H2,1H3. The zero-order valence-electron chi connectivity index (χ0n) is 10.4. The van der Waals surface area contributed by atoms with Gasteiger partial charge in [0.05, 0.1) is 10.4 Å². The molecule has 1 aromatic carbocycles. The predicted octanol–water partition coefficient (Wildman–Crippen LogP) is 4.25. The second-order valence-corrected chi connectivity index (χ2v) is 6.33. The van der Waals surface area contributed by atoms with Crippen LogP contribution in [0.15, 0.2) is 36.4 Å². The number of halogens is 1. The Labute approximate surface area is 117 Å². The third-order valence-electron chi connectivity index (χ3n) is 3.07. The Hall–Kier alpha value is -0.830. The Morgan fingerprint density at radius 2 is 2.00 bits per heavy atom. The molecule has 3 heteroatoms. The Balaban J connectivity index is 1.85. The third-order valence-corrected chi connectivity index (χ3v) is 4.33. The van der Waals surface area contributed by atoms with Crippen LogP contribution in [0.25, 0.3) is 0 Å². The second-order valence-electron chi connectivity index (χ2n) is 4.53. The normalized spacial score (nSPS) is 12.6. The molecule has 1 aromatic heterocycles. The van der Waals surface area contributed by atoms with Gasteiger partial charge < -0.3 is 5.11 Å². The van der Waals surface area contributed by atoms with E-state index in [0.29, 0.717) is 6.42 Å². The molecule has 0 aliphatic heterocycles. The highest BCUT2D eigenvalue weighted by atomic mass is 35.5. The fourth-order valence-corrected chi connectivity index (χ4v) is 3.17. The van der Waals surface area contributed by atoms with Crippen molar-refractivity contribution >= 4 is 22.9 Å². The van der Waals surface area contributed by atoms with Crippen molar-refractivity contribution in [2.45, 2.75) is 32.3 Å². The molecule has 0 amide bonds. The lowest BCUT2D eigenvalue weighted by atomic mass is 10.0. The summed E-state index contributed by atoms with van der Waals surface area (Å²) in [5.74, 6) is 0. The van der Waals surface area contributed by atoms with Gasteiger partial charge in [0.15, 0.2) is 0 Å². The second kappa shape index (κ2) is 6.37. The molecule has 2 aromatic rings. The molecule has 0 spiro atoms. The zero-order valence-corrected chi connectivity index (χ0v) is 12.0. The van der Waals surface area contributed by atoms with Crippen molar-refractivity contribution in [3.63, 3.8) is 0 Å². The maximum absolute atomic E-state index is 10.0. The number of thiophene rings is 1. The van der Waals surface area contributed by atoms with E-state index in [1.807, 2.05) is 24.3 Å². The van der Waals surface area contributed by atoms with Crippen LogP contribution in [0.3, 0.4) is 0 Å². The number of rotatable bonds is 5. The van der Waals surface area contributed by atoms with E-state index < -0.39 is 0 Å². The smallest absolute Gasteiger partial charge is 0.0931 e. The molecule has 1 heterocycles. The minimum atomic E-state index is -0.292. The average Bonchev–Trinajstić information content (AvgIpc) is 2.74. The molecule has 0 saturated heterocycles. The maximum Gasteiger partial charge on any atom is 0.0931 e. The van der Waals surface area contributed by atoms with Crippen LogP contribution in [0, 0.1) is 6.92 Å². The highest BCUT2D eigenvalue weighted by Crippen LogP contribution is 2.23. The maximum atomic E-state index is 10.0. The molecule has 18 heavy (non-hydrogen) atoms. The third kappa shape index (κ3) is 3.84. The summed E-state index contributed by atoms with van der Waals surface area (Å²) in [5, 5.41) is 10.0. The van der Waals surface area contributed by atoms with Crippen molar-refractivity contribution in [2.75, 3.05) is 0 Å². The lowest BCUT2D eigenvalue weighted by molar-refractivity contribution is 0.166. The summed E-state index contributed by atoms with van der Waals surface area (Å²) in [6, 6.07) is 12.2. The quantitative estimate of drug-likeness (QED) is 0.868. The summed E-state index contributed by atoms with van der Waals surface area (Å²) in [6.07, 6.45) is 2.12. The van der Waals surface area contributed by atoms with Gasteiger partial charge in [0, 0.05) is 11.3 Å². The molecule has 0 saturated carbocycles. The number of benzene rings is 1. The van der Waals surface area contributed by atoms with Crippen LogP contribution in [0.4, 0.5) is 0 Å². The number of hydrogen-bond donors (Lipinski definition) is 1. The number of aliphatic hydroxyl groups is 1. The molecule has 0 radical (unpaired) electrons. The van der Waals surface area contributed by atoms with Crippen molar-refractivity contribution in [1.29, 1.82) is 0 Å². The van der Waals surface area contributed by atoms with Crippen molar-refractivity contribution in [2.24, 2.45) is 0 Å². The minimum absolute atomic E-state index is 0.292. The Bertz CT molecular complexity index is 507. The summed E-state index contributed by atoms with van der Waals surface area (Å²) >= 11 is 7.42. The summed E-state index contributed by atoms with van der Waals surface area (Å²) < 4.78 is 0.788. The van der Waals surface area contributed by atoms with E-state index in [1.54, 1.807) is 11.3 Å². The van der Waals surface area contributed by atoms with E-state index in [-0.39, 0.29) is 6.10 Å². The Morgan fingerprint density at radius 1 is 1.22 bits per heavy atom. The van der Waals surface area contributed by atoms with Gasteiger partial charge in [-0.15, -0.1) is 11.3 Å². The molecule has 0 bridgehead atoms. The van der Waals surface area contributed by atoms with Gasteiger partial charge in [-0.3, -0.25) is 0 Å². The molecular weight excluding hydrogens is 264 g/mol. The summed E-state index contributed by atoms with van der Waals surface area (Å²) in [4.78, 5) is 1.15. The number of aliphatic hydroxyl groups excluding tert-OH is 1. The van der Waals surface area contributed by atoms with E-state index in [9.17, 15) is 5.11 Å². The zero-order chi connectivity index (χ0) is 13.0. The van der Waals surface area contributed by atoms with Crippen molar-refractivity contribution in [3.05, 3.63) is 56.7 Å². The van der Waals surface area contributed by atoms with Crippen LogP contribution in [0.5, 0.6) is 0 Å². The molecule has 0 aliphatic carbocycles.